The lowest BCUT2D eigenvalue weighted by atomic mass is 9.96. The zero-order chi connectivity index (χ0) is 15.1. The predicted molar refractivity (Wildman–Crippen MR) is 86.5 cm³/mol. The molecule has 0 bridgehead atoms. The fourth-order valence-electron chi connectivity index (χ4n) is 2.22. The van der Waals surface area contributed by atoms with E-state index in [1.165, 1.54) is 23.5 Å². The minimum absolute atomic E-state index is 0.0240. The smallest absolute Gasteiger partial charge is 0.224 e. The number of anilines is 1. The van der Waals surface area contributed by atoms with Gasteiger partial charge in [-0.2, -0.15) is 0 Å². The molecular formula is C14H8Br2FNO2S. The molecule has 1 aromatic heterocycles. The molecule has 0 fully saturated rings. The topological polar surface area (TPSA) is 46.2 Å². The molecule has 7 heteroatoms. The zero-order valence-corrected chi connectivity index (χ0v) is 14.5. The van der Waals surface area contributed by atoms with Gasteiger partial charge in [0, 0.05) is 17.7 Å². The molecule has 0 saturated heterocycles. The Labute approximate surface area is 140 Å². The number of aryl methyl sites for hydroxylation is 1. The van der Waals surface area contributed by atoms with Gasteiger partial charge in [0.15, 0.2) is 5.78 Å². The van der Waals surface area contributed by atoms with Gasteiger partial charge in [-0.1, -0.05) is 0 Å². The number of nitrogens with one attached hydrogen (secondary N) is 1. The molecule has 1 N–H and O–H groups in total. The van der Waals surface area contributed by atoms with Gasteiger partial charge in [0.2, 0.25) is 5.91 Å². The van der Waals surface area contributed by atoms with Crippen LogP contribution < -0.4 is 5.32 Å². The molecule has 108 valence electrons. The SMILES string of the molecule is O=C1CCc2cc(C(=O)c3cc(Br)sc3Br)c(F)cc2N1. The van der Waals surface area contributed by atoms with Crippen LogP contribution in [0.15, 0.2) is 25.8 Å². The normalized spacial score (nSPS) is 13.8. The minimum Gasteiger partial charge on any atom is -0.326 e. The van der Waals surface area contributed by atoms with Crippen LogP contribution in [0.3, 0.4) is 0 Å². The Hall–Kier alpha value is -1.05. The van der Waals surface area contributed by atoms with Gasteiger partial charge in [-0.15, -0.1) is 11.3 Å². The molecule has 0 radical (unpaired) electrons. The van der Waals surface area contributed by atoms with Crippen LogP contribution >= 0.6 is 43.2 Å². The van der Waals surface area contributed by atoms with Crippen LogP contribution in [0.1, 0.15) is 27.9 Å². The second kappa shape index (κ2) is 5.62. The van der Waals surface area contributed by atoms with Crippen molar-refractivity contribution < 1.29 is 14.0 Å². The van der Waals surface area contributed by atoms with Crippen LogP contribution in [-0.2, 0) is 11.2 Å². The van der Waals surface area contributed by atoms with E-state index in [4.69, 9.17) is 0 Å². The van der Waals surface area contributed by atoms with E-state index in [2.05, 4.69) is 37.2 Å². The molecule has 21 heavy (non-hydrogen) atoms. The summed E-state index contributed by atoms with van der Waals surface area (Å²) in [5, 5.41) is 2.62. The Morgan fingerprint density at radius 2 is 1.95 bits per heavy atom. The highest BCUT2D eigenvalue weighted by molar-refractivity contribution is 9.12. The van der Waals surface area contributed by atoms with Crippen molar-refractivity contribution in [2.24, 2.45) is 0 Å². The van der Waals surface area contributed by atoms with E-state index in [1.54, 1.807) is 6.07 Å². The fraction of sp³-hybridized carbons (Fsp3) is 0.143. The third-order valence-electron chi connectivity index (χ3n) is 3.23. The first-order valence-corrected chi connectivity index (χ1v) is 8.48. The lowest BCUT2D eigenvalue weighted by Crippen LogP contribution is -2.20. The number of thiophene rings is 1. The summed E-state index contributed by atoms with van der Waals surface area (Å²) in [6, 6.07) is 4.41. The number of benzene rings is 1. The maximum atomic E-state index is 14.2. The largest absolute Gasteiger partial charge is 0.326 e. The highest BCUT2D eigenvalue weighted by Crippen LogP contribution is 2.34. The van der Waals surface area contributed by atoms with Crippen molar-refractivity contribution in [1.29, 1.82) is 0 Å². The van der Waals surface area contributed by atoms with Gasteiger partial charge in [0.25, 0.3) is 0 Å². The monoisotopic (exact) mass is 431 g/mol. The van der Waals surface area contributed by atoms with E-state index in [0.29, 0.717) is 27.9 Å². The third-order valence-corrected chi connectivity index (χ3v) is 5.57. The van der Waals surface area contributed by atoms with Crippen LogP contribution in [0.5, 0.6) is 0 Å². The number of carbonyl (C=O) groups is 2. The first kappa shape index (κ1) is 14.9. The number of fused-ring (bicyclic) bond motifs is 1. The number of hydrogen-bond acceptors (Lipinski definition) is 3. The predicted octanol–water partition coefficient (Wildman–Crippen LogP) is 4.53. The minimum atomic E-state index is -0.629. The molecule has 3 nitrogen and oxygen atoms in total. The molecule has 1 amide bonds. The third kappa shape index (κ3) is 2.82. The average Bonchev–Trinajstić information content (AvgIpc) is 2.76. The average molecular weight is 433 g/mol. The molecule has 0 atom stereocenters. The molecule has 2 aromatic rings. The number of carbonyl (C=O) groups excluding carboxylic acids is 2. The van der Waals surface area contributed by atoms with Crippen molar-refractivity contribution >= 4 is 60.6 Å². The maximum absolute atomic E-state index is 14.2. The number of hydrogen-bond donors (Lipinski definition) is 1. The van der Waals surface area contributed by atoms with Crippen LogP contribution in [0, 0.1) is 5.82 Å². The summed E-state index contributed by atoms with van der Waals surface area (Å²) in [5.41, 5.74) is 1.68. The van der Waals surface area contributed by atoms with Gasteiger partial charge in [-0.05, 0) is 62.0 Å². The summed E-state index contributed by atoms with van der Waals surface area (Å²) in [5.74, 6) is -1.14. The van der Waals surface area contributed by atoms with E-state index >= 15 is 0 Å². The Bertz CT molecular complexity index is 773. The molecule has 0 spiro atoms. The zero-order valence-electron chi connectivity index (χ0n) is 10.5. The fourth-order valence-corrected chi connectivity index (χ4v) is 5.01. The van der Waals surface area contributed by atoms with Crippen LogP contribution in [0.2, 0.25) is 0 Å². The molecule has 3 rings (SSSR count). The Morgan fingerprint density at radius 1 is 1.19 bits per heavy atom. The maximum Gasteiger partial charge on any atom is 0.224 e. The van der Waals surface area contributed by atoms with E-state index < -0.39 is 5.82 Å². The Balaban J connectivity index is 2.05. The van der Waals surface area contributed by atoms with E-state index in [-0.39, 0.29) is 17.3 Å². The summed E-state index contributed by atoms with van der Waals surface area (Å²) >= 11 is 7.97. The summed E-state index contributed by atoms with van der Waals surface area (Å²) < 4.78 is 15.6. The first-order valence-electron chi connectivity index (χ1n) is 6.07. The first-order chi connectivity index (χ1) is 9.95. The number of amides is 1. The van der Waals surface area contributed by atoms with Crippen LogP contribution in [0.25, 0.3) is 0 Å². The van der Waals surface area contributed by atoms with Gasteiger partial charge in [-0.25, -0.2) is 4.39 Å². The summed E-state index contributed by atoms with van der Waals surface area (Å²) in [6.45, 7) is 0. The molecule has 1 aliphatic rings. The molecule has 2 heterocycles. The summed E-state index contributed by atoms with van der Waals surface area (Å²) in [6.07, 6.45) is 0.857. The van der Waals surface area contributed by atoms with Crippen molar-refractivity contribution in [2.45, 2.75) is 12.8 Å². The highest BCUT2D eigenvalue weighted by atomic mass is 79.9. The van der Waals surface area contributed by atoms with Crippen molar-refractivity contribution in [1.82, 2.24) is 0 Å². The van der Waals surface area contributed by atoms with Gasteiger partial charge in [-0.3, -0.25) is 9.59 Å². The van der Waals surface area contributed by atoms with Crippen molar-refractivity contribution in [2.75, 3.05) is 5.32 Å². The number of halogens is 3. The van der Waals surface area contributed by atoms with Crippen molar-refractivity contribution in [3.63, 3.8) is 0 Å². The van der Waals surface area contributed by atoms with E-state index in [9.17, 15) is 14.0 Å². The molecule has 1 aromatic carbocycles. The van der Waals surface area contributed by atoms with Crippen molar-refractivity contribution in [3.05, 3.63) is 48.3 Å². The van der Waals surface area contributed by atoms with Gasteiger partial charge in [0.1, 0.15) is 5.82 Å². The van der Waals surface area contributed by atoms with Crippen molar-refractivity contribution in [3.8, 4) is 0 Å². The highest BCUT2D eigenvalue weighted by Gasteiger charge is 2.23. The number of rotatable bonds is 2. The Morgan fingerprint density at radius 3 is 2.62 bits per heavy atom. The second-order valence-corrected chi connectivity index (χ2v) is 8.35. The molecule has 0 aliphatic carbocycles. The molecular weight excluding hydrogens is 425 g/mol. The van der Waals surface area contributed by atoms with Crippen LogP contribution in [-0.4, -0.2) is 11.7 Å². The molecule has 0 saturated carbocycles. The van der Waals surface area contributed by atoms with Gasteiger partial charge in [0.05, 0.1) is 13.1 Å². The quantitative estimate of drug-likeness (QED) is 0.708. The number of ketones is 1. The van der Waals surface area contributed by atoms with E-state index in [1.807, 2.05) is 0 Å². The van der Waals surface area contributed by atoms with Gasteiger partial charge < -0.3 is 5.32 Å². The lowest BCUT2D eigenvalue weighted by molar-refractivity contribution is -0.116. The summed E-state index contributed by atoms with van der Waals surface area (Å²) in [4.78, 5) is 23.8. The molecule has 1 aliphatic heterocycles. The van der Waals surface area contributed by atoms with E-state index in [0.717, 1.165) is 9.35 Å². The standard InChI is InChI=1S/C14H8Br2FNO2S/c15-11-4-8(14(16)21-11)13(20)7-3-6-1-2-12(19)18-10(6)5-9(7)17/h3-5H,1-2H2,(H,18,19). The lowest BCUT2D eigenvalue weighted by Gasteiger charge is -2.17. The van der Waals surface area contributed by atoms with Crippen LogP contribution in [0.4, 0.5) is 10.1 Å². The van der Waals surface area contributed by atoms with Gasteiger partial charge >= 0.3 is 0 Å². The second-order valence-electron chi connectivity index (χ2n) is 4.60. The Kier molecular flexibility index (Phi) is 3.98. The molecule has 0 unspecified atom stereocenters. The summed E-state index contributed by atoms with van der Waals surface area (Å²) in [7, 11) is 0.